The number of nitrogens with zero attached hydrogens (tertiary/aromatic N) is 1. The van der Waals surface area contributed by atoms with Gasteiger partial charge in [-0.25, -0.2) is 29.2 Å². The first-order valence-electron chi connectivity index (χ1n) is 10.6. The Labute approximate surface area is 194 Å². The summed E-state index contributed by atoms with van der Waals surface area (Å²) >= 11 is 0. The molecule has 1 fully saturated rings. The van der Waals surface area contributed by atoms with Gasteiger partial charge in [0.1, 0.15) is 11.8 Å². The molecule has 0 aliphatic carbocycles. The van der Waals surface area contributed by atoms with Crippen LogP contribution in [0.4, 0.5) is 5.69 Å². The fourth-order valence-electron chi connectivity index (χ4n) is 3.84. The highest BCUT2D eigenvalue weighted by molar-refractivity contribution is 5.94. The molecule has 1 saturated heterocycles. The number of fused-ring (bicyclic) bond motifs is 2. The zero-order valence-electron chi connectivity index (χ0n) is 18.0. The predicted octanol–water partition coefficient (Wildman–Crippen LogP) is 0.732. The lowest BCUT2D eigenvalue weighted by molar-refractivity contribution is -0.270. The molecule has 34 heavy (non-hydrogen) atoms. The van der Waals surface area contributed by atoms with E-state index in [4.69, 9.17) is 16.2 Å². The maximum atomic E-state index is 12.9. The van der Waals surface area contributed by atoms with Crippen molar-refractivity contribution < 1.29 is 33.7 Å². The van der Waals surface area contributed by atoms with Crippen LogP contribution in [0.3, 0.4) is 0 Å². The number of rotatable bonds is 5. The van der Waals surface area contributed by atoms with Crippen LogP contribution in [0.15, 0.2) is 41.4 Å². The number of guanidine groups is 1. The maximum absolute atomic E-state index is 12.9. The molecule has 1 atom stereocenters. The first-order chi connectivity index (χ1) is 16.3. The number of carbonyl (C=O) groups excluding carboxylic acids is 4. The summed E-state index contributed by atoms with van der Waals surface area (Å²) in [6, 6.07) is 9.37. The second-order valence-corrected chi connectivity index (χ2v) is 7.85. The normalized spacial score (nSPS) is 17.1. The van der Waals surface area contributed by atoms with E-state index in [0.29, 0.717) is 35.4 Å². The lowest BCUT2D eigenvalue weighted by Gasteiger charge is -2.20. The SMILES string of the molecule is NC(N)=Nc1ccc2c(c1)CCc1cccc(CCC(=O)N[C@H]3CC(=O)OOC3=O)c1OC2=O. The highest BCUT2D eigenvalue weighted by Gasteiger charge is 2.33. The van der Waals surface area contributed by atoms with Crippen LogP contribution in [0.25, 0.3) is 0 Å². The molecule has 0 aromatic heterocycles. The topological polar surface area (TPSA) is 172 Å². The molecule has 11 nitrogen and oxygen atoms in total. The van der Waals surface area contributed by atoms with Gasteiger partial charge >= 0.3 is 17.9 Å². The minimum atomic E-state index is -1.09. The quantitative estimate of drug-likeness (QED) is 0.189. The van der Waals surface area contributed by atoms with Gasteiger partial charge in [0, 0.05) is 6.42 Å². The Kier molecular flexibility index (Phi) is 6.44. The van der Waals surface area contributed by atoms with E-state index in [1.165, 1.54) is 0 Å². The van der Waals surface area contributed by atoms with Crippen molar-refractivity contribution >= 4 is 35.5 Å². The van der Waals surface area contributed by atoms with Gasteiger partial charge in [-0.2, -0.15) is 0 Å². The van der Waals surface area contributed by atoms with E-state index in [1.807, 2.05) is 12.1 Å². The molecule has 0 spiro atoms. The Bertz CT molecular complexity index is 1200. The summed E-state index contributed by atoms with van der Waals surface area (Å²) in [5, 5.41) is 2.46. The molecule has 0 saturated carbocycles. The van der Waals surface area contributed by atoms with E-state index in [-0.39, 0.29) is 25.2 Å². The minimum Gasteiger partial charge on any atom is -0.422 e. The molecule has 0 radical (unpaired) electrons. The van der Waals surface area contributed by atoms with Gasteiger partial charge in [-0.1, -0.05) is 18.2 Å². The molecule has 4 rings (SSSR count). The fourth-order valence-corrected chi connectivity index (χ4v) is 3.84. The minimum absolute atomic E-state index is 0.00525. The van der Waals surface area contributed by atoms with Gasteiger partial charge in [0.25, 0.3) is 0 Å². The second-order valence-electron chi connectivity index (χ2n) is 7.85. The van der Waals surface area contributed by atoms with Gasteiger partial charge in [0.2, 0.25) is 5.91 Å². The molecule has 2 aliphatic rings. The molecule has 2 heterocycles. The fraction of sp³-hybridized carbons (Fsp3) is 0.261. The van der Waals surface area contributed by atoms with Crippen molar-refractivity contribution in [3.05, 3.63) is 58.7 Å². The maximum Gasteiger partial charge on any atom is 0.378 e. The van der Waals surface area contributed by atoms with E-state index in [9.17, 15) is 19.2 Å². The van der Waals surface area contributed by atoms with Crippen LogP contribution in [-0.4, -0.2) is 35.8 Å². The average molecular weight is 466 g/mol. The molecule has 2 aromatic carbocycles. The van der Waals surface area contributed by atoms with Gasteiger partial charge in [-0.3, -0.25) is 4.79 Å². The van der Waals surface area contributed by atoms with E-state index >= 15 is 0 Å². The summed E-state index contributed by atoms with van der Waals surface area (Å²) in [4.78, 5) is 60.6. The van der Waals surface area contributed by atoms with Crippen molar-refractivity contribution in [1.82, 2.24) is 5.32 Å². The van der Waals surface area contributed by atoms with E-state index < -0.39 is 29.9 Å². The standard InChI is InChI=1S/C23H22N4O7/c24-23(25)26-15-7-8-16-14(10-15)5-4-12-2-1-3-13(20(12)32-21(16)30)6-9-18(28)27-17-11-19(29)33-34-22(17)31/h1-3,7-8,10,17H,4-6,9,11H2,(H,27,28)(H4,24,25,26)/t17-/m0/s1. The van der Waals surface area contributed by atoms with Gasteiger partial charge in [0.15, 0.2) is 5.96 Å². The van der Waals surface area contributed by atoms with Crippen molar-refractivity contribution in [3.63, 3.8) is 0 Å². The molecule has 2 aromatic rings. The third kappa shape index (κ3) is 5.14. The third-order valence-electron chi connectivity index (χ3n) is 5.43. The van der Waals surface area contributed by atoms with Crippen molar-refractivity contribution in [1.29, 1.82) is 0 Å². The number of hydrogen-bond donors (Lipinski definition) is 3. The number of nitrogens with one attached hydrogen (secondary N) is 1. The summed E-state index contributed by atoms with van der Waals surface area (Å²) in [5.74, 6) is -2.22. The number of esters is 1. The van der Waals surface area contributed by atoms with Crippen molar-refractivity contribution in [2.75, 3.05) is 0 Å². The summed E-state index contributed by atoms with van der Waals surface area (Å²) in [5.41, 5.74) is 14.1. The number of amides is 1. The van der Waals surface area contributed by atoms with Crippen molar-refractivity contribution in [2.45, 2.75) is 38.1 Å². The zero-order chi connectivity index (χ0) is 24.2. The summed E-state index contributed by atoms with van der Waals surface area (Å²) in [6.07, 6.45) is 1.12. The van der Waals surface area contributed by atoms with Gasteiger partial charge in [-0.05, 0) is 54.2 Å². The number of aryl methyl sites for hydroxylation is 3. The Morgan fingerprint density at radius 3 is 2.65 bits per heavy atom. The lowest BCUT2D eigenvalue weighted by Crippen LogP contribution is -2.46. The molecule has 0 bridgehead atoms. The van der Waals surface area contributed by atoms with Gasteiger partial charge < -0.3 is 21.5 Å². The van der Waals surface area contributed by atoms with Crippen LogP contribution in [0.5, 0.6) is 5.75 Å². The van der Waals surface area contributed by atoms with Crippen molar-refractivity contribution in [3.8, 4) is 5.75 Å². The molecule has 5 N–H and O–H groups in total. The average Bonchev–Trinajstić information content (AvgIpc) is 2.78. The van der Waals surface area contributed by atoms with E-state index in [1.54, 1.807) is 24.3 Å². The third-order valence-corrected chi connectivity index (χ3v) is 5.43. The Morgan fingerprint density at radius 2 is 1.85 bits per heavy atom. The number of aliphatic imine (C=N–C) groups is 1. The molecule has 2 aliphatic heterocycles. The number of carbonyl (C=O) groups is 4. The Balaban J connectivity index is 1.48. The predicted molar refractivity (Wildman–Crippen MR) is 118 cm³/mol. The highest BCUT2D eigenvalue weighted by Crippen LogP contribution is 2.31. The number of nitrogens with two attached hydrogens (primary N) is 2. The van der Waals surface area contributed by atoms with Crippen LogP contribution in [0.2, 0.25) is 0 Å². The summed E-state index contributed by atoms with van der Waals surface area (Å²) in [7, 11) is 0. The number of hydrogen-bond acceptors (Lipinski definition) is 8. The summed E-state index contributed by atoms with van der Waals surface area (Å²) in [6.45, 7) is 0. The molecule has 176 valence electrons. The molecular formula is C23H22N4O7. The van der Waals surface area contributed by atoms with Crippen LogP contribution in [0.1, 0.15) is 39.9 Å². The van der Waals surface area contributed by atoms with Crippen molar-refractivity contribution in [2.24, 2.45) is 16.5 Å². The first kappa shape index (κ1) is 22.8. The van der Waals surface area contributed by atoms with E-state index in [2.05, 4.69) is 20.1 Å². The zero-order valence-corrected chi connectivity index (χ0v) is 18.0. The first-order valence-corrected chi connectivity index (χ1v) is 10.6. The van der Waals surface area contributed by atoms with Crippen LogP contribution < -0.4 is 21.5 Å². The highest BCUT2D eigenvalue weighted by atomic mass is 17.2. The largest absolute Gasteiger partial charge is 0.422 e. The number of benzene rings is 2. The van der Waals surface area contributed by atoms with Gasteiger partial charge in [-0.15, -0.1) is 0 Å². The molecule has 1 amide bonds. The Morgan fingerprint density at radius 1 is 1.06 bits per heavy atom. The molecular weight excluding hydrogens is 444 g/mol. The van der Waals surface area contributed by atoms with Crippen LogP contribution in [-0.2, 0) is 43.4 Å². The van der Waals surface area contributed by atoms with Crippen LogP contribution >= 0.6 is 0 Å². The molecule has 0 unspecified atom stereocenters. The number of para-hydroxylation sites is 1. The summed E-state index contributed by atoms with van der Waals surface area (Å²) < 4.78 is 5.74. The monoisotopic (exact) mass is 466 g/mol. The second kappa shape index (κ2) is 9.61. The Hall–Kier alpha value is -4.41. The van der Waals surface area contributed by atoms with E-state index in [0.717, 1.165) is 11.1 Å². The smallest absolute Gasteiger partial charge is 0.378 e. The molecule has 11 heteroatoms. The number of ether oxygens (including phenoxy) is 1. The van der Waals surface area contributed by atoms with Crippen LogP contribution in [0, 0.1) is 0 Å². The van der Waals surface area contributed by atoms with Gasteiger partial charge in [0.05, 0.1) is 17.7 Å². The lowest BCUT2D eigenvalue weighted by atomic mass is 9.95.